The molecule has 1 amide bonds. The summed E-state index contributed by atoms with van der Waals surface area (Å²) in [6.07, 6.45) is 3.63. The summed E-state index contributed by atoms with van der Waals surface area (Å²) in [6.45, 7) is 2.84. The van der Waals surface area contributed by atoms with Crippen molar-refractivity contribution in [2.45, 2.75) is 37.8 Å². The van der Waals surface area contributed by atoms with Crippen molar-refractivity contribution in [3.8, 4) is 0 Å². The van der Waals surface area contributed by atoms with Crippen LogP contribution in [0.15, 0.2) is 24.3 Å². The van der Waals surface area contributed by atoms with E-state index in [1.807, 2.05) is 36.0 Å². The van der Waals surface area contributed by atoms with Crippen LogP contribution in [-0.4, -0.2) is 47.5 Å². The van der Waals surface area contributed by atoms with Gasteiger partial charge in [-0.3, -0.25) is 9.48 Å². The van der Waals surface area contributed by atoms with Gasteiger partial charge in [-0.25, -0.2) is 0 Å². The summed E-state index contributed by atoms with van der Waals surface area (Å²) in [4.78, 5) is 12.6. The van der Waals surface area contributed by atoms with E-state index in [9.17, 15) is 4.79 Å². The minimum Gasteiger partial charge on any atom is -0.376 e. The zero-order chi connectivity index (χ0) is 17.2. The van der Waals surface area contributed by atoms with Gasteiger partial charge in [0.05, 0.1) is 29.8 Å². The molecule has 2 N–H and O–H groups in total. The summed E-state index contributed by atoms with van der Waals surface area (Å²) >= 11 is 0. The molecule has 0 aliphatic carbocycles. The number of para-hydroxylation sites is 1. The number of hydrogen-bond donors (Lipinski definition) is 2. The molecule has 2 aromatic rings. The Labute approximate surface area is 147 Å². The van der Waals surface area contributed by atoms with Crippen LogP contribution in [0.3, 0.4) is 0 Å². The Bertz CT molecular complexity index is 751. The molecule has 0 bridgehead atoms. The lowest BCUT2D eigenvalue weighted by Gasteiger charge is -2.31. The second-order valence-corrected chi connectivity index (χ2v) is 7.15. The molecule has 0 saturated carbocycles. The highest BCUT2D eigenvalue weighted by Crippen LogP contribution is 2.27. The Hall–Kier alpha value is -1.92. The Balaban J connectivity index is 1.42. The number of carbonyl (C=O) groups excluding carboxylic acids is 1. The molecule has 0 radical (unpaired) electrons. The Kier molecular flexibility index (Phi) is 4.72. The highest BCUT2D eigenvalue weighted by atomic mass is 16.5. The molecule has 0 spiro atoms. The van der Waals surface area contributed by atoms with Crippen molar-refractivity contribution in [1.29, 1.82) is 0 Å². The molecule has 25 heavy (non-hydrogen) atoms. The Morgan fingerprint density at radius 1 is 1.32 bits per heavy atom. The SMILES string of the molecule is Cn1nc(CC(=O)N[C@@H]2CCO[C@H]2C2CCNCC2)c2ccccc21. The molecule has 2 aliphatic heterocycles. The van der Waals surface area contributed by atoms with Crippen LogP contribution in [0.5, 0.6) is 0 Å². The van der Waals surface area contributed by atoms with E-state index >= 15 is 0 Å². The number of benzene rings is 1. The fourth-order valence-electron chi connectivity index (χ4n) is 4.23. The number of nitrogens with zero attached hydrogens (tertiary/aromatic N) is 2. The topological polar surface area (TPSA) is 68.2 Å². The van der Waals surface area contributed by atoms with Crippen molar-refractivity contribution in [1.82, 2.24) is 20.4 Å². The highest BCUT2D eigenvalue weighted by molar-refractivity contribution is 5.87. The Morgan fingerprint density at radius 2 is 2.12 bits per heavy atom. The maximum absolute atomic E-state index is 12.6. The smallest absolute Gasteiger partial charge is 0.226 e. The van der Waals surface area contributed by atoms with Gasteiger partial charge in [-0.15, -0.1) is 0 Å². The minimum absolute atomic E-state index is 0.0401. The van der Waals surface area contributed by atoms with Crippen molar-refractivity contribution in [2.24, 2.45) is 13.0 Å². The second-order valence-electron chi connectivity index (χ2n) is 7.15. The highest BCUT2D eigenvalue weighted by Gasteiger charge is 2.36. The summed E-state index contributed by atoms with van der Waals surface area (Å²) in [7, 11) is 1.92. The molecule has 2 aliphatic rings. The average Bonchev–Trinajstić information content (AvgIpc) is 3.21. The zero-order valence-electron chi connectivity index (χ0n) is 14.7. The fourth-order valence-corrected chi connectivity index (χ4v) is 4.23. The first-order valence-electron chi connectivity index (χ1n) is 9.24. The number of ether oxygens (including phenoxy) is 1. The van der Waals surface area contributed by atoms with E-state index in [0.29, 0.717) is 12.3 Å². The normalized spacial score (nSPS) is 24.7. The summed E-state index contributed by atoms with van der Waals surface area (Å²) in [5.41, 5.74) is 1.90. The lowest BCUT2D eigenvalue weighted by atomic mass is 9.88. The third kappa shape index (κ3) is 3.41. The predicted octanol–water partition coefficient (Wildman–Crippen LogP) is 1.39. The zero-order valence-corrected chi connectivity index (χ0v) is 14.7. The van der Waals surface area contributed by atoms with Crippen molar-refractivity contribution in [3.63, 3.8) is 0 Å². The summed E-state index contributed by atoms with van der Waals surface area (Å²) in [6, 6.07) is 8.17. The predicted molar refractivity (Wildman–Crippen MR) is 96.3 cm³/mol. The van der Waals surface area contributed by atoms with Gasteiger partial charge < -0.3 is 15.4 Å². The van der Waals surface area contributed by atoms with Crippen molar-refractivity contribution < 1.29 is 9.53 Å². The fraction of sp³-hybridized carbons (Fsp3) is 0.579. The van der Waals surface area contributed by atoms with Gasteiger partial charge in [0.25, 0.3) is 0 Å². The number of aryl methyl sites for hydroxylation is 1. The summed E-state index contributed by atoms with van der Waals surface area (Å²) in [5, 5.41) is 12.2. The van der Waals surface area contributed by atoms with Crippen LogP contribution in [0.25, 0.3) is 10.9 Å². The van der Waals surface area contributed by atoms with Crippen molar-refractivity contribution in [3.05, 3.63) is 30.0 Å². The van der Waals surface area contributed by atoms with E-state index in [0.717, 1.165) is 55.6 Å². The van der Waals surface area contributed by atoms with Crippen molar-refractivity contribution >= 4 is 16.8 Å². The first kappa shape index (κ1) is 16.5. The third-order valence-corrected chi connectivity index (χ3v) is 5.49. The van der Waals surface area contributed by atoms with E-state index in [1.165, 1.54) is 0 Å². The first-order valence-corrected chi connectivity index (χ1v) is 9.24. The number of hydrogen-bond acceptors (Lipinski definition) is 4. The molecule has 0 unspecified atom stereocenters. The molecule has 1 aromatic carbocycles. The van der Waals surface area contributed by atoms with Gasteiger partial charge in [0, 0.05) is 19.0 Å². The number of carbonyl (C=O) groups is 1. The number of amides is 1. The van der Waals surface area contributed by atoms with E-state index in [2.05, 4.69) is 15.7 Å². The quantitative estimate of drug-likeness (QED) is 0.881. The number of rotatable bonds is 4. The van der Waals surface area contributed by atoms with Gasteiger partial charge in [-0.05, 0) is 44.3 Å². The molecule has 2 saturated heterocycles. The van der Waals surface area contributed by atoms with Crippen LogP contribution in [0, 0.1) is 5.92 Å². The van der Waals surface area contributed by atoms with Gasteiger partial charge >= 0.3 is 0 Å². The number of piperidine rings is 1. The lowest BCUT2D eigenvalue weighted by Crippen LogP contribution is -2.46. The minimum atomic E-state index is 0.0401. The van der Waals surface area contributed by atoms with Crippen LogP contribution in [-0.2, 0) is 23.0 Å². The molecular weight excluding hydrogens is 316 g/mol. The van der Waals surface area contributed by atoms with E-state index in [-0.39, 0.29) is 18.1 Å². The van der Waals surface area contributed by atoms with Crippen LogP contribution < -0.4 is 10.6 Å². The van der Waals surface area contributed by atoms with Gasteiger partial charge in [-0.2, -0.15) is 5.10 Å². The standard InChI is InChI=1S/C19H26N4O2/c1-23-17-5-3-2-4-14(17)16(22-23)12-18(24)21-15-8-11-25-19(15)13-6-9-20-10-7-13/h2-5,13,15,19-20H,6-12H2,1H3,(H,21,24)/t15-,19+/m1/s1. The molecule has 3 heterocycles. The number of aromatic nitrogens is 2. The molecule has 2 atom stereocenters. The molecule has 4 rings (SSSR count). The number of nitrogens with one attached hydrogen (secondary N) is 2. The molecule has 134 valence electrons. The Morgan fingerprint density at radius 3 is 2.96 bits per heavy atom. The second kappa shape index (κ2) is 7.14. The van der Waals surface area contributed by atoms with Crippen LogP contribution >= 0.6 is 0 Å². The number of fused-ring (bicyclic) bond motifs is 1. The molecule has 2 fully saturated rings. The summed E-state index contributed by atoms with van der Waals surface area (Å²) in [5.74, 6) is 0.586. The van der Waals surface area contributed by atoms with Gasteiger partial charge in [0.2, 0.25) is 5.91 Å². The molecule has 6 heteroatoms. The first-order chi connectivity index (χ1) is 12.2. The average molecular weight is 342 g/mol. The van der Waals surface area contributed by atoms with Crippen LogP contribution in [0.2, 0.25) is 0 Å². The van der Waals surface area contributed by atoms with Crippen LogP contribution in [0.4, 0.5) is 0 Å². The van der Waals surface area contributed by atoms with E-state index < -0.39 is 0 Å². The molecule has 1 aromatic heterocycles. The summed E-state index contributed by atoms with van der Waals surface area (Å²) < 4.78 is 7.81. The van der Waals surface area contributed by atoms with E-state index in [1.54, 1.807) is 0 Å². The monoisotopic (exact) mass is 342 g/mol. The maximum atomic E-state index is 12.6. The van der Waals surface area contributed by atoms with Gasteiger partial charge in [0.1, 0.15) is 0 Å². The lowest BCUT2D eigenvalue weighted by molar-refractivity contribution is -0.121. The largest absolute Gasteiger partial charge is 0.376 e. The van der Waals surface area contributed by atoms with E-state index in [4.69, 9.17) is 4.74 Å². The van der Waals surface area contributed by atoms with Gasteiger partial charge in [0.15, 0.2) is 0 Å². The molecule has 6 nitrogen and oxygen atoms in total. The maximum Gasteiger partial charge on any atom is 0.226 e. The van der Waals surface area contributed by atoms with Gasteiger partial charge in [-0.1, -0.05) is 18.2 Å². The molecular formula is C19H26N4O2. The van der Waals surface area contributed by atoms with Crippen molar-refractivity contribution in [2.75, 3.05) is 19.7 Å². The van der Waals surface area contributed by atoms with Crippen LogP contribution in [0.1, 0.15) is 25.0 Å². The third-order valence-electron chi connectivity index (χ3n) is 5.49.